The van der Waals surface area contributed by atoms with Gasteiger partial charge in [0.15, 0.2) is 0 Å². The Hall–Kier alpha value is -2.68. The second kappa shape index (κ2) is 10.5. The van der Waals surface area contributed by atoms with Gasteiger partial charge in [0.2, 0.25) is 11.8 Å². The van der Waals surface area contributed by atoms with Crippen molar-refractivity contribution in [2.24, 2.45) is 17.8 Å². The number of hydrogen-bond acceptors (Lipinski definition) is 5. The van der Waals surface area contributed by atoms with Crippen LogP contribution in [0.2, 0.25) is 5.02 Å². The highest BCUT2D eigenvalue weighted by molar-refractivity contribution is 6.30. The summed E-state index contributed by atoms with van der Waals surface area (Å²) < 4.78 is 6.79. The zero-order valence-electron chi connectivity index (χ0n) is 22.6. The van der Waals surface area contributed by atoms with E-state index in [4.69, 9.17) is 16.3 Å². The maximum atomic E-state index is 14.5. The first-order valence-electron chi connectivity index (χ1n) is 13.2. The number of fused-ring (bicyclic) bond motifs is 1. The number of anilines is 1. The third-order valence-electron chi connectivity index (χ3n) is 8.82. The van der Waals surface area contributed by atoms with Crippen LogP contribution in [0.1, 0.15) is 33.6 Å². The number of nitrogens with zero attached hydrogens (tertiary/aromatic N) is 3. The molecule has 3 amide bonds. The summed E-state index contributed by atoms with van der Waals surface area (Å²) in [7, 11) is 1.69. The highest BCUT2D eigenvalue weighted by Gasteiger charge is 2.80. The van der Waals surface area contributed by atoms with E-state index in [2.05, 4.69) is 13.2 Å². The van der Waals surface area contributed by atoms with Gasteiger partial charge >= 0.3 is 0 Å². The van der Waals surface area contributed by atoms with Crippen LogP contribution in [0.4, 0.5) is 5.69 Å². The number of benzene rings is 1. The predicted molar refractivity (Wildman–Crippen MR) is 147 cm³/mol. The van der Waals surface area contributed by atoms with Crippen molar-refractivity contribution in [2.45, 2.75) is 56.9 Å². The SMILES string of the molecule is C=CCN(C)C(=O)[C@H]1[C@H]2C(=O)N([C@@H](CC)CO)C(C(=O)N(CC=C)c3ccc(Cl)cc3)C23CC(C)[C@]1(C)O3. The molecule has 3 heterocycles. The number of carbonyl (C=O) groups excluding carboxylic acids is 3. The van der Waals surface area contributed by atoms with Crippen LogP contribution in [0.5, 0.6) is 0 Å². The number of likely N-dealkylation sites (tertiary alicyclic amines) is 1. The van der Waals surface area contributed by atoms with Gasteiger partial charge in [-0.25, -0.2) is 0 Å². The summed E-state index contributed by atoms with van der Waals surface area (Å²) in [4.78, 5) is 47.3. The summed E-state index contributed by atoms with van der Waals surface area (Å²) >= 11 is 6.10. The average molecular weight is 544 g/mol. The third kappa shape index (κ3) is 4.08. The van der Waals surface area contributed by atoms with Crippen molar-refractivity contribution in [1.29, 1.82) is 0 Å². The van der Waals surface area contributed by atoms with Gasteiger partial charge in [0.05, 0.1) is 30.1 Å². The standard InChI is InChI=1S/C29H38ClN3O5/c1-7-14-31(6)25(35)22-23-26(36)33(20(9-3)17-34)24(29(23)16-18(4)28(22,5)38-29)27(37)32(15-8-2)21-12-10-19(30)11-13-21/h7-8,10-13,18,20,22-24,34H,1-2,9,14-17H2,3-6H3/t18?,20-,22+,23-,24?,28-,29?/m0/s1. The molecule has 1 spiro atoms. The van der Waals surface area contributed by atoms with E-state index < -0.39 is 35.1 Å². The van der Waals surface area contributed by atoms with E-state index in [1.165, 1.54) is 4.90 Å². The fourth-order valence-corrected chi connectivity index (χ4v) is 7.01. The van der Waals surface area contributed by atoms with Crippen LogP contribution in [0, 0.1) is 17.8 Å². The van der Waals surface area contributed by atoms with Gasteiger partial charge in [-0.3, -0.25) is 14.4 Å². The summed E-state index contributed by atoms with van der Waals surface area (Å²) in [6.07, 6.45) is 4.16. The molecule has 7 atom stereocenters. The van der Waals surface area contributed by atoms with Crippen LogP contribution in [-0.2, 0) is 19.1 Å². The minimum atomic E-state index is -1.20. The number of halogens is 1. The zero-order chi connectivity index (χ0) is 28.0. The Morgan fingerprint density at radius 1 is 1.24 bits per heavy atom. The van der Waals surface area contributed by atoms with Gasteiger partial charge in [-0.15, -0.1) is 13.2 Å². The zero-order valence-corrected chi connectivity index (χ0v) is 23.4. The molecule has 0 radical (unpaired) electrons. The molecular formula is C29H38ClN3O5. The van der Waals surface area contributed by atoms with E-state index in [0.29, 0.717) is 30.1 Å². The summed E-state index contributed by atoms with van der Waals surface area (Å²) in [6, 6.07) is 5.28. The topological polar surface area (TPSA) is 90.4 Å². The van der Waals surface area contributed by atoms with Crippen molar-refractivity contribution in [3.63, 3.8) is 0 Å². The summed E-state index contributed by atoms with van der Waals surface area (Å²) in [5, 5.41) is 10.8. The van der Waals surface area contributed by atoms with Crippen LogP contribution < -0.4 is 4.90 Å². The van der Waals surface area contributed by atoms with Crippen molar-refractivity contribution >= 4 is 35.0 Å². The fraction of sp³-hybridized carbons (Fsp3) is 0.552. The average Bonchev–Trinajstić information content (AvgIpc) is 3.40. The van der Waals surface area contributed by atoms with Gasteiger partial charge in [0.1, 0.15) is 11.6 Å². The molecule has 1 aromatic rings. The quantitative estimate of drug-likeness (QED) is 0.457. The van der Waals surface area contributed by atoms with E-state index in [1.807, 2.05) is 20.8 Å². The molecule has 0 aliphatic carbocycles. The Labute approximate surface area is 229 Å². The summed E-state index contributed by atoms with van der Waals surface area (Å²) in [5.74, 6) is -2.54. The third-order valence-corrected chi connectivity index (χ3v) is 9.08. The largest absolute Gasteiger partial charge is 0.394 e. The number of amides is 3. The molecule has 206 valence electrons. The van der Waals surface area contributed by atoms with E-state index in [1.54, 1.807) is 53.3 Å². The van der Waals surface area contributed by atoms with E-state index in [0.717, 1.165) is 0 Å². The molecule has 1 aromatic carbocycles. The molecule has 3 fully saturated rings. The van der Waals surface area contributed by atoms with Crippen LogP contribution in [0.15, 0.2) is 49.6 Å². The molecule has 38 heavy (non-hydrogen) atoms. The van der Waals surface area contributed by atoms with Gasteiger partial charge in [0, 0.05) is 30.8 Å². The van der Waals surface area contributed by atoms with Crippen LogP contribution in [0.25, 0.3) is 0 Å². The molecule has 0 aromatic heterocycles. The van der Waals surface area contributed by atoms with Gasteiger partial charge < -0.3 is 24.5 Å². The Morgan fingerprint density at radius 3 is 2.42 bits per heavy atom. The molecule has 3 aliphatic heterocycles. The van der Waals surface area contributed by atoms with Crippen LogP contribution in [-0.4, -0.2) is 82.7 Å². The van der Waals surface area contributed by atoms with E-state index in [9.17, 15) is 19.5 Å². The Kier molecular flexibility index (Phi) is 7.81. The Morgan fingerprint density at radius 2 is 1.87 bits per heavy atom. The summed E-state index contributed by atoms with van der Waals surface area (Å²) in [6.45, 7) is 13.6. The first kappa shape index (κ1) is 28.3. The van der Waals surface area contributed by atoms with Crippen molar-refractivity contribution in [2.75, 3.05) is 31.6 Å². The lowest BCUT2D eigenvalue weighted by molar-refractivity contribution is -0.153. The number of hydrogen-bond donors (Lipinski definition) is 1. The number of carbonyl (C=O) groups is 3. The first-order chi connectivity index (χ1) is 18.0. The molecule has 9 heteroatoms. The van der Waals surface area contributed by atoms with E-state index in [-0.39, 0.29) is 36.8 Å². The van der Waals surface area contributed by atoms with Crippen molar-refractivity contribution < 1.29 is 24.2 Å². The van der Waals surface area contributed by atoms with Gasteiger partial charge in [0.25, 0.3) is 5.91 Å². The summed E-state index contributed by atoms with van der Waals surface area (Å²) in [5.41, 5.74) is -1.51. The number of ether oxygens (including phenoxy) is 1. The lowest BCUT2D eigenvalue weighted by Crippen LogP contribution is -2.59. The molecular weight excluding hydrogens is 506 g/mol. The van der Waals surface area contributed by atoms with Gasteiger partial charge in [-0.2, -0.15) is 0 Å². The molecule has 8 nitrogen and oxygen atoms in total. The number of likely N-dealkylation sites (N-methyl/N-ethyl adjacent to an activating group) is 1. The molecule has 3 saturated heterocycles. The minimum Gasteiger partial charge on any atom is -0.394 e. The maximum Gasteiger partial charge on any atom is 0.253 e. The van der Waals surface area contributed by atoms with Crippen molar-refractivity contribution in [1.82, 2.24) is 9.80 Å². The monoisotopic (exact) mass is 543 g/mol. The molecule has 3 aliphatic rings. The van der Waals surface area contributed by atoms with Crippen LogP contribution in [0.3, 0.4) is 0 Å². The molecule has 3 unspecified atom stereocenters. The number of aliphatic hydroxyl groups is 1. The second-order valence-electron chi connectivity index (χ2n) is 10.9. The maximum absolute atomic E-state index is 14.5. The molecule has 1 N–H and O–H groups in total. The van der Waals surface area contributed by atoms with Crippen molar-refractivity contribution in [3.05, 3.63) is 54.6 Å². The Balaban J connectivity index is 1.87. The fourth-order valence-electron chi connectivity index (χ4n) is 6.88. The van der Waals surface area contributed by atoms with E-state index >= 15 is 0 Å². The second-order valence-corrected chi connectivity index (χ2v) is 11.4. The van der Waals surface area contributed by atoms with Crippen molar-refractivity contribution in [3.8, 4) is 0 Å². The first-order valence-corrected chi connectivity index (χ1v) is 13.6. The Bertz CT molecular complexity index is 1120. The molecule has 4 rings (SSSR count). The number of rotatable bonds is 10. The van der Waals surface area contributed by atoms with Gasteiger partial charge in [-0.05, 0) is 49.9 Å². The smallest absolute Gasteiger partial charge is 0.253 e. The lowest BCUT2D eigenvalue weighted by Gasteiger charge is -2.39. The highest BCUT2D eigenvalue weighted by atomic mass is 35.5. The highest BCUT2D eigenvalue weighted by Crippen LogP contribution is 2.65. The minimum absolute atomic E-state index is 0.0783. The van der Waals surface area contributed by atoms with Crippen LogP contribution >= 0.6 is 11.6 Å². The molecule has 2 bridgehead atoms. The molecule has 0 saturated carbocycles. The lowest BCUT2D eigenvalue weighted by atomic mass is 9.62. The normalized spacial score (nSPS) is 32.2. The van der Waals surface area contributed by atoms with Gasteiger partial charge in [-0.1, -0.05) is 37.6 Å². The number of aliphatic hydroxyl groups excluding tert-OH is 1. The predicted octanol–water partition coefficient (Wildman–Crippen LogP) is 3.29.